The van der Waals surface area contributed by atoms with Crippen LogP contribution in [0.3, 0.4) is 0 Å². The van der Waals surface area contributed by atoms with Crippen LogP contribution in [0, 0.1) is 0 Å². The highest BCUT2D eigenvalue weighted by molar-refractivity contribution is 5.29. The van der Waals surface area contributed by atoms with E-state index in [1.54, 1.807) is 0 Å². The van der Waals surface area contributed by atoms with Gasteiger partial charge in [0, 0.05) is 0 Å². The fraction of sp³-hybridized carbons (Fsp3) is 0.455. The lowest BCUT2D eigenvalue weighted by molar-refractivity contribution is -0.397. The van der Waals surface area contributed by atoms with Gasteiger partial charge in [0.15, 0.2) is 5.60 Å². The van der Waals surface area contributed by atoms with Crippen molar-refractivity contribution >= 4 is 0 Å². The fourth-order valence-corrected chi connectivity index (χ4v) is 1.57. The quantitative estimate of drug-likeness (QED) is 0.614. The SMILES string of the molecule is CCC(O)(c1ccc(C(F)(F)F)cc1)C(O)(O)O. The monoisotopic (exact) mass is 266 g/mol. The van der Waals surface area contributed by atoms with Crippen LogP contribution in [-0.4, -0.2) is 26.4 Å². The molecule has 0 aromatic heterocycles. The van der Waals surface area contributed by atoms with Crippen molar-refractivity contribution in [1.29, 1.82) is 0 Å². The predicted octanol–water partition coefficient (Wildman–Crippen LogP) is 0.934. The molecular weight excluding hydrogens is 253 g/mol. The topological polar surface area (TPSA) is 80.9 Å². The Balaban J connectivity index is 3.19. The Bertz CT molecular complexity index is 408. The lowest BCUT2D eigenvalue weighted by atomic mass is 9.88. The van der Waals surface area contributed by atoms with Crippen LogP contribution in [0.1, 0.15) is 24.5 Å². The number of rotatable bonds is 3. The summed E-state index contributed by atoms with van der Waals surface area (Å²) >= 11 is 0. The van der Waals surface area contributed by atoms with E-state index in [4.69, 9.17) is 15.3 Å². The van der Waals surface area contributed by atoms with E-state index in [2.05, 4.69) is 0 Å². The molecule has 0 saturated carbocycles. The molecule has 1 atom stereocenters. The van der Waals surface area contributed by atoms with Gasteiger partial charge in [-0.3, -0.25) is 0 Å². The summed E-state index contributed by atoms with van der Waals surface area (Å²) in [5.41, 5.74) is -3.63. The maximum Gasteiger partial charge on any atom is 0.416 e. The molecule has 0 heterocycles. The van der Waals surface area contributed by atoms with Crippen LogP contribution in [0.15, 0.2) is 24.3 Å². The molecule has 0 fully saturated rings. The van der Waals surface area contributed by atoms with Crippen molar-refractivity contribution in [3.05, 3.63) is 35.4 Å². The maximum absolute atomic E-state index is 12.3. The van der Waals surface area contributed by atoms with Gasteiger partial charge in [0.05, 0.1) is 5.56 Å². The minimum absolute atomic E-state index is 0.231. The van der Waals surface area contributed by atoms with Gasteiger partial charge in [-0.25, -0.2) is 0 Å². The third-order valence-corrected chi connectivity index (χ3v) is 2.76. The number of benzene rings is 1. The van der Waals surface area contributed by atoms with E-state index >= 15 is 0 Å². The third-order valence-electron chi connectivity index (χ3n) is 2.76. The van der Waals surface area contributed by atoms with Gasteiger partial charge in [-0.15, -0.1) is 0 Å². The molecule has 0 saturated heterocycles. The molecule has 0 spiro atoms. The molecule has 1 unspecified atom stereocenters. The molecular formula is C11H13F3O4. The molecule has 1 aromatic carbocycles. The highest BCUT2D eigenvalue weighted by Gasteiger charge is 2.47. The van der Waals surface area contributed by atoms with Crippen molar-refractivity contribution < 1.29 is 33.6 Å². The number of hydrogen-bond donors (Lipinski definition) is 4. The van der Waals surface area contributed by atoms with E-state index in [-0.39, 0.29) is 12.0 Å². The molecule has 7 heteroatoms. The number of hydrogen-bond acceptors (Lipinski definition) is 4. The first-order chi connectivity index (χ1) is 8.02. The normalized spacial score (nSPS) is 16.4. The van der Waals surface area contributed by atoms with E-state index in [1.165, 1.54) is 6.92 Å². The largest absolute Gasteiger partial charge is 0.416 e. The summed E-state index contributed by atoms with van der Waals surface area (Å²) in [5, 5.41) is 37.1. The van der Waals surface area contributed by atoms with Crippen molar-refractivity contribution in [2.75, 3.05) is 0 Å². The standard InChI is InChI=1S/C11H13F3O4/c1-2-9(15,11(16,17)18)7-3-5-8(6-4-7)10(12,13)14/h3-6,15-18H,2H2,1H3. The maximum atomic E-state index is 12.3. The molecule has 0 aliphatic carbocycles. The molecule has 0 aliphatic heterocycles. The van der Waals surface area contributed by atoms with Crippen LogP contribution in [0.2, 0.25) is 0 Å². The molecule has 4 N–H and O–H groups in total. The van der Waals surface area contributed by atoms with Crippen LogP contribution in [-0.2, 0) is 11.8 Å². The van der Waals surface area contributed by atoms with Gasteiger partial charge in [0.2, 0.25) is 0 Å². The van der Waals surface area contributed by atoms with Crippen molar-refractivity contribution in [2.45, 2.75) is 31.1 Å². The summed E-state index contributed by atoms with van der Waals surface area (Å²) in [5.74, 6) is -3.44. The molecule has 18 heavy (non-hydrogen) atoms. The Labute approximate surface area is 101 Å². The smallest absolute Gasteiger partial charge is 0.377 e. The van der Waals surface area contributed by atoms with Gasteiger partial charge < -0.3 is 20.4 Å². The van der Waals surface area contributed by atoms with Gasteiger partial charge in [-0.2, -0.15) is 13.2 Å². The summed E-state index contributed by atoms with van der Waals surface area (Å²) in [7, 11) is 0. The Hall–Kier alpha value is -1.15. The Morgan fingerprint density at radius 2 is 1.28 bits per heavy atom. The summed E-state index contributed by atoms with van der Waals surface area (Å²) < 4.78 is 37.0. The molecule has 0 aliphatic rings. The van der Waals surface area contributed by atoms with Crippen molar-refractivity contribution in [3.8, 4) is 0 Å². The second-order valence-corrected chi connectivity index (χ2v) is 3.92. The highest BCUT2D eigenvalue weighted by Crippen LogP contribution is 2.35. The molecule has 4 nitrogen and oxygen atoms in total. The zero-order valence-electron chi connectivity index (χ0n) is 9.44. The Morgan fingerprint density at radius 1 is 0.889 bits per heavy atom. The summed E-state index contributed by atoms with van der Waals surface area (Å²) in [6, 6.07) is 3.12. The first kappa shape index (κ1) is 14.9. The second-order valence-electron chi connectivity index (χ2n) is 3.92. The van der Waals surface area contributed by atoms with Crippen LogP contribution in [0.4, 0.5) is 13.2 Å². The van der Waals surface area contributed by atoms with Gasteiger partial charge in [0.1, 0.15) is 0 Å². The van der Waals surface area contributed by atoms with Gasteiger partial charge >= 0.3 is 12.1 Å². The van der Waals surface area contributed by atoms with Gasteiger partial charge in [-0.05, 0) is 24.1 Å². The molecule has 1 aromatic rings. The van der Waals surface area contributed by atoms with Gasteiger partial charge in [0.25, 0.3) is 0 Å². The van der Waals surface area contributed by atoms with Crippen molar-refractivity contribution in [3.63, 3.8) is 0 Å². The highest BCUT2D eigenvalue weighted by atomic mass is 19.4. The Kier molecular flexibility index (Phi) is 3.73. The van der Waals surface area contributed by atoms with Gasteiger partial charge in [-0.1, -0.05) is 19.1 Å². The summed E-state index contributed by atoms with van der Waals surface area (Å²) in [4.78, 5) is 0. The van der Waals surface area contributed by atoms with Crippen molar-refractivity contribution in [1.82, 2.24) is 0 Å². The minimum atomic E-state index is -4.53. The van der Waals surface area contributed by atoms with E-state index in [1.807, 2.05) is 0 Å². The summed E-state index contributed by atoms with van der Waals surface area (Å²) in [6.45, 7) is 1.34. The average Bonchev–Trinajstić information content (AvgIpc) is 2.25. The number of halogens is 3. The zero-order valence-corrected chi connectivity index (χ0v) is 9.44. The minimum Gasteiger partial charge on any atom is -0.377 e. The average molecular weight is 266 g/mol. The van der Waals surface area contributed by atoms with Crippen LogP contribution < -0.4 is 0 Å². The second kappa shape index (κ2) is 4.51. The van der Waals surface area contributed by atoms with E-state index < -0.39 is 23.3 Å². The number of alkyl halides is 3. The van der Waals surface area contributed by atoms with E-state index in [9.17, 15) is 18.3 Å². The van der Waals surface area contributed by atoms with Crippen molar-refractivity contribution in [2.24, 2.45) is 0 Å². The Morgan fingerprint density at radius 3 is 1.56 bits per heavy atom. The first-order valence-electron chi connectivity index (χ1n) is 5.09. The fourth-order valence-electron chi connectivity index (χ4n) is 1.57. The van der Waals surface area contributed by atoms with Crippen LogP contribution in [0.5, 0.6) is 0 Å². The molecule has 102 valence electrons. The third kappa shape index (κ3) is 2.64. The van der Waals surface area contributed by atoms with Crippen LogP contribution >= 0.6 is 0 Å². The molecule has 1 rings (SSSR count). The van der Waals surface area contributed by atoms with E-state index in [0.29, 0.717) is 12.1 Å². The number of aliphatic hydroxyl groups is 4. The first-order valence-corrected chi connectivity index (χ1v) is 5.09. The lowest BCUT2D eigenvalue weighted by Gasteiger charge is -2.34. The molecule has 0 bridgehead atoms. The molecule has 0 radical (unpaired) electrons. The predicted molar refractivity (Wildman–Crippen MR) is 55.0 cm³/mol. The lowest BCUT2D eigenvalue weighted by Crippen LogP contribution is -2.51. The summed E-state index contributed by atoms with van der Waals surface area (Å²) in [6.07, 6.45) is -4.83. The van der Waals surface area contributed by atoms with Crippen LogP contribution in [0.25, 0.3) is 0 Å². The molecule has 0 amide bonds. The zero-order chi connectivity index (χ0) is 14.2. The van der Waals surface area contributed by atoms with E-state index in [0.717, 1.165) is 12.1 Å².